The predicted octanol–water partition coefficient (Wildman–Crippen LogP) is 3.32. The Morgan fingerprint density at radius 3 is 2.92 bits per heavy atom. The fourth-order valence-electron chi connectivity index (χ4n) is 3.61. The van der Waals surface area contributed by atoms with E-state index in [2.05, 4.69) is 23.3 Å². The molecule has 2 aliphatic heterocycles. The van der Waals surface area contributed by atoms with Crippen LogP contribution in [0.1, 0.15) is 37.8 Å². The normalized spacial score (nSPS) is 23.0. The number of nitrogens with zero attached hydrogens (tertiary/aromatic N) is 2. The Morgan fingerprint density at radius 1 is 1.38 bits per heavy atom. The molecule has 1 N–H and O–H groups in total. The minimum Gasteiger partial charge on any atom is -0.332 e. The average Bonchev–Trinajstić information content (AvgIpc) is 3.05. The molecule has 1 saturated heterocycles. The lowest BCUT2D eigenvalue weighted by Crippen LogP contribution is -2.45. The number of likely N-dealkylation sites (N-methyl/N-ethyl adjacent to an activating group) is 1. The molecule has 2 atom stereocenters. The minimum absolute atomic E-state index is 0.0284. The molecule has 1 fully saturated rings. The summed E-state index contributed by atoms with van der Waals surface area (Å²) in [4.78, 5) is 16.8. The summed E-state index contributed by atoms with van der Waals surface area (Å²) in [5.74, 6) is -0.246. The average molecular weight is 331 g/mol. The minimum atomic E-state index is -0.246. The van der Waals surface area contributed by atoms with Crippen LogP contribution in [0.5, 0.6) is 0 Å². The van der Waals surface area contributed by atoms with Crippen LogP contribution < -0.4 is 5.32 Å². The lowest BCUT2D eigenvalue weighted by atomic mass is 10.0. The van der Waals surface area contributed by atoms with Gasteiger partial charge in [0, 0.05) is 25.7 Å². The van der Waals surface area contributed by atoms with E-state index in [1.54, 1.807) is 12.1 Å². The Labute approximate surface area is 143 Å². The summed E-state index contributed by atoms with van der Waals surface area (Å²) < 4.78 is 13.5. The van der Waals surface area contributed by atoms with Gasteiger partial charge in [-0.2, -0.15) is 0 Å². The van der Waals surface area contributed by atoms with E-state index in [1.165, 1.54) is 11.6 Å². The van der Waals surface area contributed by atoms with Gasteiger partial charge in [0.05, 0.1) is 6.04 Å². The fraction of sp³-hybridized carbons (Fsp3) is 0.526. The van der Waals surface area contributed by atoms with E-state index >= 15 is 0 Å². The zero-order chi connectivity index (χ0) is 17.1. The lowest BCUT2D eigenvalue weighted by Gasteiger charge is -2.30. The van der Waals surface area contributed by atoms with Crippen molar-refractivity contribution in [3.05, 3.63) is 47.3 Å². The highest BCUT2D eigenvalue weighted by Gasteiger charge is 2.31. The molecule has 3 rings (SSSR count). The van der Waals surface area contributed by atoms with E-state index in [-0.39, 0.29) is 23.9 Å². The number of likely N-dealkylation sites (tertiary alicyclic amines) is 1. The van der Waals surface area contributed by atoms with Gasteiger partial charge in [-0.05, 0) is 56.5 Å². The van der Waals surface area contributed by atoms with Gasteiger partial charge in [-0.1, -0.05) is 18.2 Å². The summed E-state index contributed by atoms with van der Waals surface area (Å²) in [7, 11) is 2.10. The number of rotatable bonds is 3. The maximum atomic E-state index is 13.5. The van der Waals surface area contributed by atoms with E-state index < -0.39 is 0 Å². The zero-order valence-corrected chi connectivity index (χ0v) is 14.5. The van der Waals surface area contributed by atoms with Crippen molar-refractivity contribution in [1.29, 1.82) is 0 Å². The van der Waals surface area contributed by atoms with E-state index in [9.17, 15) is 9.18 Å². The molecular weight excluding hydrogens is 305 g/mol. The molecule has 0 radical (unpaired) electrons. The Bertz CT molecular complexity index is 631. The number of benzene rings is 1. The first-order chi connectivity index (χ1) is 11.5. The molecule has 0 spiro atoms. The number of carbonyl (C=O) groups is 1. The summed E-state index contributed by atoms with van der Waals surface area (Å²) in [6, 6.07) is 6.57. The molecule has 0 unspecified atom stereocenters. The second kappa shape index (κ2) is 7.34. The van der Waals surface area contributed by atoms with E-state index in [4.69, 9.17) is 0 Å². The topological polar surface area (TPSA) is 35.6 Å². The Kier molecular flexibility index (Phi) is 5.19. The number of nitrogens with one attached hydrogen (secondary N) is 1. The van der Waals surface area contributed by atoms with Gasteiger partial charge in [0.2, 0.25) is 0 Å². The highest BCUT2D eigenvalue weighted by Crippen LogP contribution is 2.32. The van der Waals surface area contributed by atoms with Gasteiger partial charge in [-0.3, -0.25) is 0 Å². The summed E-state index contributed by atoms with van der Waals surface area (Å²) in [5, 5.41) is 3.13. The number of hydrogen-bond acceptors (Lipinski definition) is 2. The van der Waals surface area contributed by atoms with Gasteiger partial charge < -0.3 is 15.1 Å². The smallest absolute Gasteiger partial charge is 0.318 e. The molecule has 4 nitrogen and oxygen atoms in total. The first-order valence-electron chi connectivity index (χ1n) is 8.74. The molecule has 2 amide bonds. The zero-order valence-electron chi connectivity index (χ0n) is 14.5. The maximum absolute atomic E-state index is 13.5. The maximum Gasteiger partial charge on any atom is 0.318 e. The van der Waals surface area contributed by atoms with Crippen molar-refractivity contribution in [2.45, 2.75) is 38.3 Å². The summed E-state index contributed by atoms with van der Waals surface area (Å²) >= 11 is 0. The Balaban J connectivity index is 1.65. The highest BCUT2D eigenvalue weighted by atomic mass is 19.1. The van der Waals surface area contributed by atoms with Crippen LogP contribution in [0.3, 0.4) is 0 Å². The molecule has 1 aromatic rings. The number of urea groups is 1. The molecular formula is C19H26FN3O. The number of halogens is 1. The van der Waals surface area contributed by atoms with Crippen LogP contribution in [-0.2, 0) is 0 Å². The van der Waals surface area contributed by atoms with Crippen molar-refractivity contribution >= 4 is 6.03 Å². The van der Waals surface area contributed by atoms with E-state index in [0.29, 0.717) is 0 Å². The van der Waals surface area contributed by atoms with Gasteiger partial charge in [0.1, 0.15) is 5.82 Å². The van der Waals surface area contributed by atoms with Crippen LogP contribution >= 0.6 is 0 Å². The number of hydrogen-bond donors (Lipinski definition) is 1. The van der Waals surface area contributed by atoms with Crippen LogP contribution in [0.25, 0.3) is 0 Å². The largest absolute Gasteiger partial charge is 0.332 e. The van der Waals surface area contributed by atoms with Crippen molar-refractivity contribution in [2.75, 3.05) is 26.7 Å². The number of amides is 2. The molecule has 0 aliphatic carbocycles. The van der Waals surface area contributed by atoms with Crippen LogP contribution in [0.4, 0.5) is 9.18 Å². The molecule has 5 heteroatoms. The molecule has 0 aromatic heterocycles. The standard InChI is InChI=1S/C19H26FN3O/c1-14(15-8-11-22(2)12-9-15)21-19(24)23-10-4-7-18(23)16-5-3-6-17(20)13-16/h3,5-6,8,13-14,18H,4,7,9-12H2,1-2H3,(H,21,24)/t14-,18+/m1/s1. The first-order valence-corrected chi connectivity index (χ1v) is 8.74. The van der Waals surface area contributed by atoms with E-state index in [1.807, 2.05) is 17.9 Å². The second-order valence-electron chi connectivity index (χ2n) is 6.87. The van der Waals surface area contributed by atoms with Crippen LogP contribution in [0.2, 0.25) is 0 Å². The van der Waals surface area contributed by atoms with Crippen molar-refractivity contribution < 1.29 is 9.18 Å². The summed E-state index contributed by atoms with van der Waals surface area (Å²) in [6.07, 6.45) is 5.04. The van der Waals surface area contributed by atoms with E-state index in [0.717, 1.165) is 44.5 Å². The van der Waals surface area contributed by atoms with Gasteiger partial charge >= 0.3 is 6.03 Å². The summed E-state index contributed by atoms with van der Waals surface area (Å²) in [6.45, 7) is 4.73. The van der Waals surface area contributed by atoms with Crippen LogP contribution in [0, 0.1) is 5.82 Å². The fourth-order valence-corrected chi connectivity index (χ4v) is 3.61. The third-order valence-electron chi connectivity index (χ3n) is 5.09. The van der Waals surface area contributed by atoms with Crippen molar-refractivity contribution in [1.82, 2.24) is 15.1 Å². The van der Waals surface area contributed by atoms with Crippen LogP contribution in [0.15, 0.2) is 35.9 Å². The highest BCUT2D eigenvalue weighted by molar-refractivity contribution is 5.75. The van der Waals surface area contributed by atoms with Crippen molar-refractivity contribution in [2.24, 2.45) is 0 Å². The Hall–Kier alpha value is -1.88. The van der Waals surface area contributed by atoms with Gasteiger partial charge in [0.15, 0.2) is 0 Å². The molecule has 0 bridgehead atoms. The van der Waals surface area contributed by atoms with Gasteiger partial charge in [-0.25, -0.2) is 9.18 Å². The monoisotopic (exact) mass is 331 g/mol. The quantitative estimate of drug-likeness (QED) is 0.863. The van der Waals surface area contributed by atoms with Crippen molar-refractivity contribution in [3.8, 4) is 0 Å². The SMILES string of the molecule is C[C@@H](NC(=O)N1CCC[C@H]1c1cccc(F)c1)C1=CCN(C)CC1. The second-order valence-corrected chi connectivity index (χ2v) is 6.87. The molecule has 24 heavy (non-hydrogen) atoms. The Morgan fingerprint density at radius 2 is 2.21 bits per heavy atom. The molecule has 130 valence electrons. The van der Waals surface area contributed by atoms with Crippen LogP contribution in [-0.4, -0.2) is 48.6 Å². The predicted molar refractivity (Wildman–Crippen MR) is 93.3 cm³/mol. The van der Waals surface area contributed by atoms with Gasteiger partial charge in [-0.15, -0.1) is 0 Å². The first kappa shape index (κ1) is 17.0. The summed E-state index contributed by atoms with van der Waals surface area (Å²) in [5.41, 5.74) is 2.18. The number of carbonyl (C=O) groups excluding carboxylic acids is 1. The third kappa shape index (κ3) is 3.78. The van der Waals surface area contributed by atoms with Gasteiger partial charge in [0.25, 0.3) is 0 Å². The lowest BCUT2D eigenvalue weighted by molar-refractivity contribution is 0.190. The molecule has 0 saturated carbocycles. The van der Waals surface area contributed by atoms with Crippen molar-refractivity contribution in [3.63, 3.8) is 0 Å². The molecule has 1 aromatic carbocycles. The molecule has 2 heterocycles. The molecule has 2 aliphatic rings. The third-order valence-corrected chi connectivity index (χ3v) is 5.09.